The lowest BCUT2D eigenvalue weighted by molar-refractivity contribution is 0.562. The number of thiophene rings is 1. The molecular formula is C14H14ClF2NS. The van der Waals surface area contributed by atoms with E-state index in [4.69, 9.17) is 17.3 Å². The van der Waals surface area contributed by atoms with Gasteiger partial charge in [-0.25, -0.2) is 8.78 Å². The molecule has 1 aromatic heterocycles. The highest BCUT2D eigenvalue weighted by atomic mass is 35.5. The highest BCUT2D eigenvalue weighted by molar-refractivity contribution is 7.11. The molecule has 1 aromatic carbocycles. The summed E-state index contributed by atoms with van der Waals surface area (Å²) in [5.74, 6) is -1.21. The number of aryl methyl sites for hydroxylation is 1. The van der Waals surface area contributed by atoms with Gasteiger partial charge in [0.2, 0.25) is 0 Å². The van der Waals surface area contributed by atoms with Crippen LogP contribution in [-0.2, 0) is 12.8 Å². The molecule has 2 rings (SSSR count). The number of hydrogen-bond donors (Lipinski definition) is 1. The van der Waals surface area contributed by atoms with Crippen molar-refractivity contribution in [1.29, 1.82) is 0 Å². The van der Waals surface area contributed by atoms with Crippen molar-refractivity contribution < 1.29 is 8.78 Å². The molecule has 0 bridgehead atoms. The largest absolute Gasteiger partial charge is 0.324 e. The lowest BCUT2D eigenvalue weighted by Gasteiger charge is -2.12. The van der Waals surface area contributed by atoms with Crippen molar-refractivity contribution >= 4 is 22.9 Å². The van der Waals surface area contributed by atoms with Crippen LogP contribution in [0.15, 0.2) is 24.3 Å². The molecule has 0 amide bonds. The van der Waals surface area contributed by atoms with Crippen LogP contribution in [0.25, 0.3) is 0 Å². The van der Waals surface area contributed by atoms with E-state index in [9.17, 15) is 8.78 Å². The van der Waals surface area contributed by atoms with Gasteiger partial charge in [0.25, 0.3) is 0 Å². The second kappa shape index (κ2) is 5.99. The maximum absolute atomic E-state index is 13.7. The molecule has 1 nitrogen and oxygen atoms in total. The maximum Gasteiger partial charge on any atom is 0.142 e. The van der Waals surface area contributed by atoms with Crippen LogP contribution in [0.4, 0.5) is 8.78 Å². The summed E-state index contributed by atoms with van der Waals surface area (Å²) in [7, 11) is 0. The van der Waals surface area contributed by atoms with Crippen molar-refractivity contribution in [2.75, 3.05) is 0 Å². The van der Waals surface area contributed by atoms with Gasteiger partial charge in [-0.2, -0.15) is 0 Å². The molecule has 2 aromatic rings. The molecule has 0 radical (unpaired) electrons. The fourth-order valence-electron chi connectivity index (χ4n) is 1.87. The predicted octanol–water partition coefficient (Wildman–Crippen LogP) is 4.48. The fourth-order valence-corrected chi connectivity index (χ4v) is 3.04. The highest BCUT2D eigenvalue weighted by Gasteiger charge is 2.16. The van der Waals surface area contributed by atoms with Gasteiger partial charge in [-0.15, -0.1) is 11.3 Å². The van der Waals surface area contributed by atoms with Crippen LogP contribution in [0.2, 0.25) is 5.02 Å². The minimum absolute atomic E-state index is 0.161. The zero-order valence-corrected chi connectivity index (χ0v) is 12.0. The Bertz CT molecular complexity index is 583. The molecule has 1 unspecified atom stereocenters. The molecule has 2 N–H and O–H groups in total. The average molecular weight is 302 g/mol. The molecule has 0 fully saturated rings. The Morgan fingerprint density at radius 1 is 1.21 bits per heavy atom. The van der Waals surface area contributed by atoms with Crippen LogP contribution >= 0.6 is 22.9 Å². The molecule has 0 aliphatic carbocycles. The van der Waals surface area contributed by atoms with Gasteiger partial charge in [0, 0.05) is 27.8 Å². The molecule has 1 heterocycles. The predicted molar refractivity (Wildman–Crippen MR) is 75.7 cm³/mol. The van der Waals surface area contributed by atoms with Gasteiger partial charge in [0.15, 0.2) is 0 Å². The number of rotatable bonds is 4. The van der Waals surface area contributed by atoms with E-state index < -0.39 is 17.7 Å². The second-order valence-electron chi connectivity index (χ2n) is 4.32. The summed E-state index contributed by atoms with van der Waals surface area (Å²) >= 11 is 7.17. The van der Waals surface area contributed by atoms with E-state index >= 15 is 0 Å². The SMILES string of the molecule is CCc1ccc(CC(N)c2cc(F)c(Cl)cc2F)s1. The van der Waals surface area contributed by atoms with Gasteiger partial charge < -0.3 is 5.73 Å². The Hall–Kier alpha value is -0.970. The fraction of sp³-hybridized carbons (Fsp3) is 0.286. The smallest absolute Gasteiger partial charge is 0.142 e. The van der Waals surface area contributed by atoms with E-state index in [1.54, 1.807) is 11.3 Å². The minimum atomic E-state index is -0.644. The number of hydrogen-bond acceptors (Lipinski definition) is 2. The monoisotopic (exact) mass is 301 g/mol. The van der Waals surface area contributed by atoms with Crippen LogP contribution in [0.3, 0.4) is 0 Å². The Morgan fingerprint density at radius 3 is 2.53 bits per heavy atom. The molecular weight excluding hydrogens is 288 g/mol. The molecule has 1 atom stereocenters. The van der Waals surface area contributed by atoms with Gasteiger partial charge in [-0.05, 0) is 30.7 Å². The number of halogens is 3. The van der Waals surface area contributed by atoms with E-state index in [-0.39, 0.29) is 10.6 Å². The Kier molecular flexibility index (Phi) is 4.55. The summed E-state index contributed by atoms with van der Waals surface area (Å²) in [6.07, 6.45) is 1.45. The van der Waals surface area contributed by atoms with Gasteiger partial charge in [-0.1, -0.05) is 18.5 Å². The first kappa shape index (κ1) is 14.4. The molecule has 0 saturated heterocycles. The van der Waals surface area contributed by atoms with Crippen molar-refractivity contribution in [3.05, 3.63) is 56.2 Å². The van der Waals surface area contributed by atoms with Crippen molar-refractivity contribution in [1.82, 2.24) is 0 Å². The van der Waals surface area contributed by atoms with Gasteiger partial charge in [0.05, 0.1) is 5.02 Å². The molecule has 0 spiro atoms. The third-order valence-electron chi connectivity index (χ3n) is 2.93. The summed E-state index contributed by atoms with van der Waals surface area (Å²) in [5, 5.41) is -0.224. The van der Waals surface area contributed by atoms with E-state index in [2.05, 4.69) is 6.92 Å². The van der Waals surface area contributed by atoms with Crippen molar-refractivity contribution in [3.8, 4) is 0 Å². The highest BCUT2D eigenvalue weighted by Crippen LogP contribution is 2.27. The third kappa shape index (κ3) is 3.32. The standard InChI is InChI=1S/C14H14ClF2NS/c1-2-8-3-4-9(19-8)5-14(18)10-6-13(17)11(15)7-12(10)16/h3-4,6-7,14H,2,5,18H2,1H3. The normalized spacial score (nSPS) is 12.7. The van der Waals surface area contributed by atoms with Crippen LogP contribution in [0, 0.1) is 11.6 Å². The average Bonchev–Trinajstić information content (AvgIpc) is 2.81. The third-order valence-corrected chi connectivity index (χ3v) is 4.47. The summed E-state index contributed by atoms with van der Waals surface area (Å²) < 4.78 is 27.1. The first-order chi connectivity index (χ1) is 9.01. The topological polar surface area (TPSA) is 26.0 Å². The Labute approximate surface area is 120 Å². The van der Waals surface area contributed by atoms with E-state index in [0.29, 0.717) is 6.42 Å². The zero-order chi connectivity index (χ0) is 14.0. The van der Waals surface area contributed by atoms with Gasteiger partial charge in [0.1, 0.15) is 11.6 Å². The first-order valence-corrected chi connectivity index (χ1v) is 7.18. The summed E-state index contributed by atoms with van der Waals surface area (Å²) in [5.41, 5.74) is 6.11. The van der Waals surface area contributed by atoms with Crippen LogP contribution < -0.4 is 5.73 Å². The van der Waals surface area contributed by atoms with Crippen molar-refractivity contribution in [3.63, 3.8) is 0 Å². The second-order valence-corrected chi connectivity index (χ2v) is 5.98. The quantitative estimate of drug-likeness (QED) is 0.828. The molecule has 102 valence electrons. The number of benzene rings is 1. The maximum atomic E-state index is 13.7. The Morgan fingerprint density at radius 2 is 1.89 bits per heavy atom. The first-order valence-electron chi connectivity index (χ1n) is 5.99. The molecule has 0 saturated carbocycles. The Balaban J connectivity index is 2.19. The van der Waals surface area contributed by atoms with Crippen LogP contribution in [-0.4, -0.2) is 0 Å². The summed E-state index contributed by atoms with van der Waals surface area (Å²) in [4.78, 5) is 2.32. The van der Waals surface area contributed by atoms with Gasteiger partial charge >= 0.3 is 0 Å². The lowest BCUT2D eigenvalue weighted by atomic mass is 10.0. The van der Waals surface area contributed by atoms with Crippen LogP contribution in [0.5, 0.6) is 0 Å². The van der Waals surface area contributed by atoms with Crippen molar-refractivity contribution in [2.45, 2.75) is 25.8 Å². The van der Waals surface area contributed by atoms with Crippen molar-refractivity contribution in [2.24, 2.45) is 5.73 Å². The number of nitrogens with two attached hydrogens (primary N) is 1. The molecule has 19 heavy (non-hydrogen) atoms. The molecule has 5 heteroatoms. The summed E-state index contributed by atoms with van der Waals surface area (Å²) in [6.45, 7) is 2.07. The van der Waals surface area contributed by atoms with Gasteiger partial charge in [-0.3, -0.25) is 0 Å². The minimum Gasteiger partial charge on any atom is -0.324 e. The molecule has 0 aliphatic heterocycles. The summed E-state index contributed by atoms with van der Waals surface area (Å²) in [6, 6.07) is 5.49. The van der Waals surface area contributed by atoms with Crippen LogP contribution in [0.1, 0.15) is 28.3 Å². The van der Waals surface area contributed by atoms with E-state index in [0.717, 1.165) is 23.4 Å². The van der Waals surface area contributed by atoms with E-state index in [1.165, 1.54) is 4.88 Å². The molecule has 0 aliphatic rings. The lowest BCUT2D eigenvalue weighted by Crippen LogP contribution is -2.15. The zero-order valence-electron chi connectivity index (χ0n) is 10.4. The van der Waals surface area contributed by atoms with E-state index in [1.807, 2.05) is 12.1 Å².